The SMILES string of the molecule is CCNC(=NCC1(C)CCCO1)NCC(O)COc1cccc(Cl)c1Cl. The number of hydrogen-bond acceptors (Lipinski definition) is 4. The molecule has 0 bridgehead atoms. The summed E-state index contributed by atoms with van der Waals surface area (Å²) < 4.78 is 11.3. The monoisotopic (exact) mass is 403 g/mol. The molecule has 1 fully saturated rings. The molecule has 1 aliphatic heterocycles. The van der Waals surface area contributed by atoms with Crippen LogP contribution in [-0.2, 0) is 4.74 Å². The fourth-order valence-electron chi connectivity index (χ4n) is 2.60. The lowest BCUT2D eigenvalue weighted by Gasteiger charge is -2.22. The van der Waals surface area contributed by atoms with E-state index in [9.17, 15) is 5.11 Å². The van der Waals surface area contributed by atoms with E-state index in [4.69, 9.17) is 32.7 Å². The van der Waals surface area contributed by atoms with Gasteiger partial charge in [0, 0.05) is 19.7 Å². The van der Waals surface area contributed by atoms with Crippen LogP contribution in [0.3, 0.4) is 0 Å². The Bertz CT molecular complexity index is 607. The molecule has 3 N–H and O–H groups in total. The van der Waals surface area contributed by atoms with Gasteiger partial charge in [-0.1, -0.05) is 29.3 Å². The Kier molecular flexibility index (Phi) is 8.28. The molecular formula is C18H27Cl2N3O3. The lowest BCUT2D eigenvalue weighted by molar-refractivity contribution is 0.0283. The van der Waals surface area contributed by atoms with Crippen LogP contribution in [0.4, 0.5) is 0 Å². The summed E-state index contributed by atoms with van der Waals surface area (Å²) in [6.07, 6.45) is 1.34. The zero-order chi connectivity index (χ0) is 19.0. The first-order chi connectivity index (χ1) is 12.4. The number of guanidine groups is 1. The van der Waals surface area contributed by atoms with Crippen molar-refractivity contribution in [3.63, 3.8) is 0 Å². The molecule has 1 aromatic rings. The molecule has 146 valence electrons. The summed E-state index contributed by atoms with van der Waals surface area (Å²) in [6.45, 7) is 6.55. The molecule has 8 heteroatoms. The van der Waals surface area contributed by atoms with Crippen LogP contribution < -0.4 is 15.4 Å². The lowest BCUT2D eigenvalue weighted by Crippen LogP contribution is -2.43. The van der Waals surface area contributed by atoms with Crippen molar-refractivity contribution in [1.82, 2.24) is 10.6 Å². The predicted octanol–water partition coefficient (Wildman–Crippen LogP) is 2.86. The minimum absolute atomic E-state index is 0.0906. The fourth-order valence-corrected chi connectivity index (χ4v) is 2.95. The highest BCUT2D eigenvalue weighted by molar-refractivity contribution is 6.42. The minimum atomic E-state index is -0.729. The summed E-state index contributed by atoms with van der Waals surface area (Å²) in [5.41, 5.74) is -0.201. The molecular weight excluding hydrogens is 377 g/mol. The zero-order valence-electron chi connectivity index (χ0n) is 15.2. The molecule has 1 aromatic carbocycles. The van der Waals surface area contributed by atoms with Gasteiger partial charge in [0.05, 0.1) is 17.2 Å². The average Bonchev–Trinajstić information content (AvgIpc) is 3.05. The highest BCUT2D eigenvalue weighted by atomic mass is 35.5. The maximum absolute atomic E-state index is 10.1. The molecule has 1 heterocycles. The maximum atomic E-state index is 10.1. The number of aliphatic hydroxyl groups is 1. The number of aliphatic imine (C=N–C) groups is 1. The highest BCUT2D eigenvalue weighted by Crippen LogP contribution is 2.31. The molecule has 0 aliphatic carbocycles. The first-order valence-electron chi connectivity index (χ1n) is 8.84. The summed E-state index contributed by atoms with van der Waals surface area (Å²) in [4.78, 5) is 4.56. The van der Waals surface area contributed by atoms with Gasteiger partial charge in [0.15, 0.2) is 5.96 Å². The van der Waals surface area contributed by atoms with Crippen molar-refractivity contribution in [3.05, 3.63) is 28.2 Å². The molecule has 2 atom stereocenters. The summed E-state index contributed by atoms with van der Waals surface area (Å²) in [7, 11) is 0. The molecule has 6 nitrogen and oxygen atoms in total. The second-order valence-electron chi connectivity index (χ2n) is 6.49. The van der Waals surface area contributed by atoms with Crippen LogP contribution in [0.15, 0.2) is 23.2 Å². The molecule has 1 saturated heterocycles. The van der Waals surface area contributed by atoms with E-state index in [-0.39, 0.29) is 12.2 Å². The topological polar surface area (TPSA) is 75.1 Å². The second kappa shape index (κ2) is 10.2. The van der Waals surface area contributed by atoms with Crippen LogP contribution in [0.1, 0.15) is 26.7 Å². The highest BCUT2D eigenvalue weighted by Gasteiger charge is 2.29. The number of halogens is 2. The standard InChI is InChI=1S/C18H27Cl2N3O3/c1-3-21-17(23-12-18(2)8-5-9-26-18)22-10-13(24)11-25-15-7-4-6-14(19)16(15)20/h4,6-7,13,24H,3,5,8-12H2,1-2H3,(H2,21,22,23). The van der Waals surface area contributed by atoms with Crippen LogP contribution >= 0.6 is 23.2 Å². The van der Waals surface area contributed by atoms with E-state index in [1.54, 1.807) is 18.2 Å². The van der Waals surface area contributed by atoms with Gasteiger partial charge in [-0.3, -0.25) is 4.99 Å². The van der Waals surface area contributed by atoms with Gasteiger partial charge in [-0.05, 0) is 38.8 Å². The molecule has 26 heavy (non-hydrogen) atoms. The average molecular weight is 404 g/mol. The van der Waals surface area contributed by atoms with Crippen LogP contribution in [0, 0.1) is 0 Å². The van der Waals surface area contributed by atoms with Crippen molar-refractivity contribution < 1.29 is 14.6 Å². The van der Waals surface area contributed by atoms with E-state index in [1.165, 1.54) is 0 Å². The van der Waals surface area contributed by atoms with Gasteiger partial charge >= 0.3 is 0 Å². The Hall–Kier alpha value is -1.21. The van der Waals surface area contributed by atoms with Gasteiger partial charge in [0.2, 0.25) is 0 Å². The molecule has 0 radical (unpaired) electrons. The largest absolute Gasteiger partial charge is 0.489 e. The van der Waals surface area contributed by atoms with Gasteiger partial charge < -0.3 is 25.2 Å². The summed E-state index contributed by atoms with van der Waals surface area (Å²) in [6, 6.07) is 5.14. The third kappa shape index (κ3) is 6.50. The molecule has 2 unspecified atom stereocenters. The lowest BCUT2D eigenvalue weighted by atomic mass is 10.0. The third-order valence-electron chi connectivity index (χ3n) is 4.07. The smallest absolute Gasteiger partial charge is 0.191 e. The maximum Gasteiger partial charge on any atom is 0.191 e. The summed E-state index contributed by atoms with van der Waals surface area (Å²) >= 11 is 12.0. The first kappa shape index (κ1) is 21.1. The van der Waals surface area contributed by atoms with E-state index in [1.807, 2.05) is 6.92 Å². The zero-order valence-corrected chi connectivity index (χ0v) is 16.7. The number of nitrogens with zero attached hydrogens (tertiary/aromatic N) is 1. The number of rotatable bonds is 8. The van der Waals surface area contributed by atoms with Gasteiger partial charge in [0.25, 0.3) is 0 Å². The van der Waals surface area contributed by atoms with Crippen LogP contribution in [0.25, 0.3) is 0 Å². The van der Waals surface area contributed by atoms with Gasteiger partial charge in [0.1, 0.15) is 23.5 Å². The molecule has 0 amide bonds. The van der Waals surface area contributed by atoms with Crippen molar-refractivity contribution in [2.24, 2.45) is 4.99 Å². The Labute approximate surface area is 164 Å². The van der Waals surface area contributed by atoms with E-state index in [0.29, 0.717) is 34.8 Å². The number of aliphatic hydroxyl groups excluding tert-OH is 1. The first-order valence-corrected chi connectivity index (χ1v) is 9.60. The van der Waals surface area contributed by atoms with Crippen LogP contribution in [0.2, 0.25) is 10.0 Å². The quantitative estimate of drug-likeness (QED) is 0.459. The Morgan fingerprint density at radius 1 is 1.42 bits per heavy atom. The third-order valence-corrected chi connectivity index (χ3v) is 4.87. The number of hydrogen-bond donors (Lipinski definition) is 3. The number of ether oxygens (including phenoxy) is 2. The van der Waals surface area contributed by atoms with E-state index < -0.39 is 6.10 Å². The van der Waals surface area contributed by atoms with Crippen molar-refractivity contribution in [2.45, 2.75) is 38.4 Å². The fraction of sp³-hybridized carbons (Fsp3) is 0.611. The molecule has 0 spiro atoms. The second-order valence-corrected chi connectivity index (χ2v) is 7.28. The molecule has 0 aromatic heterocycles. The van der Waals surface area contributed by atoms with Crippen molar-refractivity contribution in [3.8, 4) is 5.75 Å². The summed E-state index contributed by atoms with van der Waals surface area (Å²) in [5.74, 6) is 1.09. The van der Waals surface area contributed by atoms with Gasteiger partial charge in [-0.25, -0.2) is 0 Å². The number of benzene rings is 1. The minimum Gasteiger partial charge on any atom is -0.489 e. The van der Waals surface area contributed by atoms with Crippen molar-refractivity contribution in [1.29, 1.82) is 0 Å². The van der Waals surface area contributed by atoms with Gasteiger partial charge in [-0.2, -0.15) is 0 Å². The number of nitrogens with one attached hydrogen (secondary N) is 2. The predicted molar refractivity (Wildman–Crippen MR) is 106 cm³/mol. The van der Waals surface area contributed by atoms with Crippen LogP contribution in [0.5, 0.6) is 5.75 Å². The Morgan fingerprint density at radius 2 is 2.23 bits per heavy atom. The van der Waals surface area contributed by atoms with Crippen LogP contribution in [-0.4, -0.2) is 55.6 Å². The molecule has 2 rings (SSSR count). The van der Waals surface area contributed by atoms with E-state index in [0.717, 1.165) is 26.0 Å². The molecule has 0 saturated carbocycles. The Morgan fingerprint density at radius 3 is 2.92 bits per heavy atom. The normalized spacial score (nSPS) is 21.5. The van der Waals surface area contributed by atoms with E-state index in [2.05, 4.69) is 22.5 Å². The Balaban J connectivity index is 1.80. The van der Waals surface area contributed by atoms with Crippen molar-refractivity contribution >= 4 is 29.2 Å². The summed E-state index contributed by atoms with van der Waals surface area (Å²) in [5, 5.41) is 17.2. The molecule has 1 aliphatic rings. The van der Waals surface area contributed by atoms with Gasteiger partial charge in [-0.15, -0.1) is 0 Å². The van der Waals surface area contributed by atoms with E-state index >= 15 is 0 Å². The van der Waals surface area contributed by atoms with Crippen molar-refractivity contribution in [2.75, 3.05) is 32.8 Å².